The van der Waals surface area contributed by atoms with Gasteiger partial charge in [-0.05, 0) is 85.0 Å². The number of rotatable bonds is 9. The van der Waals surface area contributed by atoms with Crippen LogP contribution in [0.4, 0.5) is 17.1 Å². The van der Waals surface area contributed by atoms with E-state index in [-0.39, 0.29) is 17.7 Å². The number of nitrogens with zero attached hydrogens (tertiary/aromatic N) is 1. The number of nitrogens with one attached hydrogen (secondary N) is 2. The largest absolute Gasteiger partial charge is 0.393 e. The number of aryl methyl sites for hydroxylation is 1. The number of carbonyl (C=O) groups is 2. The van der Waals surface area contributed by atoms with Crippen molar-refractivity contribution in [2.24, 2.45) is 0 Å². The molecule has 3 N–H and O–H groups in total. The Kier molecular flexibility index (Phi) is 7.70. The average molecular weight is 508 g/mol. The van der Waals surface area contributed by atoms with Gasteiger partial charge in [-0.1, -0.05) is 24.3 Å². The SMILES string of the molecule is Cc1c[nH]cc1C(=O)Cc1ccc(Nc2ccc(CC(=O)c3ccc(N4CCC(O)CC4)cc3)cc2)cc1. The highest BCUT2D eigenvalue weighted by Crippen LogP contribution is 2.22. The Balaban J connectivity index is 1.13. The Labute approximate surface area is 223 Å². The lowest BCUT2D eigenvalue weighted by atomic mass is 10.0. The van der Waals surface area contributed by atoms with Gasteiger partial charge in [0, 0.05) is 66.5 Å². The number of anilines is 3. The Bertz CT molecular complexity index is 1380. The molecule has 3 aromatic carbocycles. The summed E-state index contributed by atoms with van der Waals surface area (Å²) in [6.07, 6.45) is 5.67. The molecule has 6 nitrogen and oxygen atoms in total. The van der Waals surface area contributed by atoms with Crippen molar-refractivity contribution in [1.82, 2.24) is 4.98 Å². The predicted octanol–water partition coefficient (Wildman–Crippen LogP) is 5.88. The molecule has 38 heavy (non-hydrogen) atoms. The molecule has 4 aromatic rings. The molecule has 0 radical (unpaired) electrons. The van der Waals surface area contributed by atoms with Crippen LogP contribution in [0, 0.1) is 6.92 Å². The van der Waals surface area contributed by atoms with Gasteiger partial charge in [0.15, 0.2) is 11.6 Å². The summed E-state index contributed by atoms with van der Waals surface area (Å²) in [6, 6.07) is 23.6. The van der Waals surface area contributed by atoms with Gasteiger partial charge in [0.2, 0.25) is 0 Å². The first kappa shape index (κ1) is 25.5. The molecule has 0 atom stereocenters. The lowest BCUT2D eigenvalue weighted by Gasteiger charge is -2.31. The van der Waals surface area contributed by atoms with Crippen molar-refractivity contribution in [2.75, 3.05) is 23.3 Å². The van der Waals surface area contributed by atoms with E-state index in [9.17, 15) is 14.7 Å². The number of Topliss-reactive ketones (excluding diaryl/α,β-unsaturated/α-hetero) is 2. The molecule has 0 saturated carbocycles. The number of aromatic amines is 1. The maximum atomic E-state index is 12.8. The normalized spacial score (nSPS) is 13.9. The third kappa shape index (κ3) is 6.21. The minimum atomic E-state index is -0.198. The first-order valence-electron chi connectivity index (χ1n) is 13.1. The number of ketones is 2. The fourth-order valence-corrected chi connectivity index (χ4v) is 4.87. The summed E-state index contributed by atoms with van der Waals surface area (Å²) in [5.74, 6) is 0.194. The van der Waals surface area contributed by atoms with Crippen LogP contribution in [0.2, 0.25) is 0 Å². The van der Waals surface area contributed by atoms with Gasteiger partial charge in [-0.3, -0.25) is 9.59 Å². The minimum Gasteiger partial charge on any atom is -0.393 e. The summed E-state index contributed by atoms with van der Waals surface area (Å²) in [4.78, 5) is 30.6. The quantitative estimate of drug-likeness (QED) is 0.246. The molecule has 6 heteroatoms. The van der Waals surface area contributed by atoms with Crippen molar-refractivity contribution in [2.45, 2.75) is 38.7 Å². The van der Waals surface area contributed by atoms with Crippen LogP contribution in [-0.4, -0.2) is 40.9 Å². The molecule has 1 fully saturated rings. The Morgan fingerprint density at radius 1 is 0.816 bits per heavy atom. The van der Waals surface area contributed by atoms with Crippen LogP contribution in [0.3, 0.4) is 0 Å². The molecule has 0 amide bonds. The number of piperidine rings is 1. The van der Waals surface area contributed by atoms with Gasteiger partial charge in [-0.15, -0.1) is 0 Å². The number of aliphatic hydroxyl groups excluding tert-OH is 1. The van der Waals surface area contributed by atoms with Gasteiger partial charge >= 0.3 is 0 Å². The average Bonchev–Trinajstić information content (AvgIpc) is 3.37. The van der Waals surface area contributed by atoms with Crippen LogP contribution in [0.5, 0.6) is 0 Å². The molecule has 1 aliphatic rings. The smallest absolute Gasteiger partial charge is 0.169 e. The molecular formula is C32H33N3O3. The second-order valence-corrected chi connectivity index (χ2v) is 10.0. The number of benzene rings is 3. The maximum absolute atomic E-state index is 12.8. The zero-order valence-corrected chi connectivity index (χ0v) is 21.6. The summed E-state index contributed by atoms with van der Waals surface area (Å²) >= 11 is 0. The van der Waals surface area contributed by atoms with Crippen molar-refractivity contribution in [3.63, 3.8) is 0 Å². The van der Waals surface area contributed by atoms with Crippen molar-refractivity contribution >= 4 is 28.6 Å². The summed E-state index contributed by atoms with van der Waals surface area (Å²) in [7, 11) is 0. The third-order valence-electron chi connectivity index (χ3n) is 7.20. The summed E-state index contributed by atoms with van der Waals surface area (Å²) in [6.45, 7) is 3.61. The summed E-state index contributed by atoms with van der Waals surface area (Å²) in [5.41, 5.74) is 7.31. The van der Waals surface area contributed by atoms with E-state index >= 15 is 0 Å². The van der Waals surface area contributed by atoms with Gasteiger partial charge in [0.1, 0.15) is 0 Å². The van der Waals surface area contributed by atoms with Crippen LogP contribution in [0.25, 0.3) is 0 Å². The van der Waals surface area contributed by atoms with E-state index in [0.29, 0.717) is 18.4 Å². The molecule has 1 saturated heterocycles. The summed E-state index contributed by atoms with van der Waals surface area (Å²) in [5, 5.41) is 13.1. The maximum Gasteiger partial charge on any atom is 0.169 e. The van der Waals surface area contributed by atoms with E-state index in [0.717, 1.165) is 65.2 Å². The molecular weight excluding hydrogens is 474 g/mol. The van der Waals surface area contributed by atoms with Crippen molar-refractivity contribution < 1.29 is 14.7 Å². The van der Waals surface area contributed by atoms with Crippen LogP contribution in [0.15, 0.2) is 85.2 Å². The number of aromatic nitrogens is 1. The highest BCUT2D eigenvalue weighted by atomic mass is 16.3. The lowest BCUT2D eigenvalue weighted by molar-refractivity contribution is 0.0984. The molecule has 1 aromatic heterocycles. The second kappa shape index (κ2) is 11.5. The zero-order valence-electron chi connectivity index (χ0n) is 21.6. The van der Waals surface area contributed by atoms with E-state index in [4.69, 9.17) is 0 Å². The van der Waals surface area contributed by atoms with Crippen molar-refractivity contribution in [3.05, 3.63) is 113 Å². The Morgan fingerprint density at radius 2 is 1.37 bits per heavy atom. The standard InChI is InChI=1S/C32H33N3O3/c1-22-20-33-21-30(22)32(38)19-24-4-10-27(11-5-24)34-26-8-2-23(3-9-26)18-31(37)25-6-12-28(13-7-25)35-16-14-29(36)15-17-35/h2-13,20-21,29,33-34,36H,14-19H2,1H3. The first-order valence-corrected chi connectivity index (χ1v) is 13.1. The Hall–Kier alpha value is -4.16. The fourth-order valence-electron chi connectivity index (χ4n) is 4.87. The lowest BCUT2D eigenvalue weighted by Crippen LogP contribution is -2.35. The van der Waals surface area contributed by atoms with E-state index in [2.05, 4.69) is 15.2 Å². The molecule has 194 valence electrons. The van der Waals surface area contributed by atoms with Gasteiger partial charge < -0.3 is 20.3 Å². The monoisotopic (exact) mass is 507 g/mol. The van der Waals surface area contributed by atoms with E-state index in [1.807, 2.05) is 85.9 Å². The number of carbonyl (C=O) groups excluding carboxylic acids is 2. The van der Waals surface area contributed by atoms with Crippen LogP contribution < -0.4 is 10.2 Å². The second-order valence-electron chi connectivity index (χ2n) is 10.0. The topological polar surface area (TPSA) is 85.4 Å². The molecule has 5 rings (SSSR count). The third-order valence-corrected chi connectivity index (χ3v) is 7.20. The number of aliphatic hydroxyl groups is 1. The van der Waals surface area contributed by atoms with E-state index in [1.165, 1.54) is 0 Å². The van der Waals surface area contributed by atoms with Crippen LogP contribution in [0.1, 0.15) is 50.2 Å². The summed E-state index contributed by atoms with van der Waals surface area (Å²) < 4.78 is 0. The van der Waals surface area contributed by atoms with Gasteiger partial charge in [-0.2, -0.15) is 0 Å². The van der Waals surface area contributed by atoms with Gasteiger partial charge in [-0.25, -0.2) is 0 Å². The fraction of sp³-hybridized carbons (Fsp3) is 0.250. The van der Waals surface area contributed by atoms with Gasteiger partial charge in [0.25, 0.3) is 0 Å². The molecule has 2 heterocycles. The predicted molar refractivity (Wildman–Crippen MR) is 152 cm³/mol. The van der Waals surface area contributed by atoms with Crippen molar-refractivity contribution in [1.29, 1.82) is 0 Å². The highest BCUT2D eigenvalue weighted by Gasteiger charge is 2.17. The van der Waals surface area contributed by atoms with Gasteiger partial charge in [0.05, 0.1) is 6.10 Å². The van der Waals surface area contributed by atoms with Crippen molar-refractivity contribution in [3.8, 4) is 0 Å². The first-order chi connectivity index (χ1) is 18.4. The molecule has 0 unspecified atom stereocenters. The molecule has 1 aliphatic heterocycles. The van der Waals surface area contributed by atoms with E-state index in [1.54, 1.807) is 6.20 Å². The molecule has 0 bridgehead atoms. The molecule has 0 aliphatic carbocycles. The zero-order chi connectivity index (χ0) is 26.5. The molecule has 0 spiro atoms. The van der Waals surface area contributed by atoms with Crippen LogP contribution >= 0.6 is 0 Å². The Morgan fingerprint density at radius 3 is 1.89 bits per heavy atom. The number of H-pyrrole nitrogens is 1. The van der Waals surface area contributed by atoms with Crippen LogP contribution in [-0.2, 0) is 12.8 Å². The minimum absolute atomic E-state index is 0.0892. The number of hydrogen-bond acceptors (Lipinski definition) is 5. The van der Waals surface area contributed by atoms with E-state index < -0.39 is 0 Å². The highest BCUT2D eigenvalue weighted by molar-refractivity contribution is 5.99. The number of hydrogen-bond donors (Lipinski definition) is 3.